The van der Waals surface area contributed by atoms with Crippen molar-refractivity contribution in [3.05, 3.63) is 65.7 Å². The lowest BCUT2D eigenvalue weighted by molar-refractivity contribution is 0.133. The zero-order valence-electron chi connectivity index (χ0n) is 16.1. The molecule has 0 heterocycles. The van der Waals surface area contributed by atoms with Gasteiger partial charge in [-0.05, 0) is 36.6 Å². The van der Waals surface area contributed by atoms with E-state index >= 15 is 0 Å². The highest BCUT2D eigenvalue weighted by Crippen LogP contribution is 2.10. The summed E-state index contributed by atoms with van der Waals surface area (Å²) < 4.78 is 11.2. The lowest BCUT2D eigenvalue weighted by Crippen LogP contribution is -2.37. The zero-order valence-corrected chi connectivity index (χ0v) is 18.4. The summed E-state index contributed by atoms with van der Waals surface area (Å²) in [6.07, 6.45) is 0.899. The van der Waals surface area contributed by atoms with Crippen LogP contribution < -0.4 is 15.4 Å². The maximum atomic E-state index is 5.69. The van der Waals surface area contributed by atoms with Gasteiger partial charge in [0.1, 0.15) is 5.75 Å². The molecule has 2 N–H and O–H groups in total. The smallest absolute Gasteiger partial charge is 0.191 e. The van der Waals surface area contributed by atoms with Gasteiger partial charge in [0, 0.05) is 26.7 Å². The van der Waals surface area contributed by atoms with Crippen LogP contribution in [0.4, 0.5) is 0 Å². The van der Waals surface area contributed by atoms with E-state index in [1.165, 1.54) is 11.1 Å². The number of hydrogen-bond acceptors (Lipinski definition) is 3. The number of halogens is 1. The number of nitrogens with one attached hydrogen (secondary N) is 2. The molecule has 0 spiro atoms. The fourth-order valence-corrected chi connectivity index (χ4v) is 2.47. The predicted octanol–water partition coefficient (Wildman–Crippen LogP) is 3.98. The number of rotatable bonds is 10. The van der Waals surface area contributed by atoms with Gasteiger partial charge in [-0.15, -0.1) is 24.0 Å². The van der Waals surface area contributed by atoms with Crippen molar-refractivity contribution >= 4 is 29.9 Å². The van der Waals surface area contributed by atoms with Crippen LogP contribution in [0.3, 0.4) is 0 Å². The Morgan fingerprint density at radius 2 is 1.67 bits per heavy atom. The first kappa shape index (κ1) is 23.2. The number of para-hydroxylation sites is 1. The van der Waals surface area contributed by atoms with Crippen LogP contribution in [0.1, 0.15) is 24.5 Å². The third-order valence-corrected chi connectivity index (χ3v) is 3.88. The van der Waals surface area contributed by atoms with E-state index in [0.29, 0.717) is 19.8 Å². The Morgan fingerprint density at radius 1 is 0.963 bits per heavy atom. The van der Waals surface area contributed by atoms with Gasteiger partial charge in [-0.25, -0.2) is 0 Å². The van der Waals surface area contributed by atoms with Crippen molar-refractivity contribution in [1.29, 1.82) is 0 Å². The molecule has 0 fully saturated rings. The average molecular weight is 483 g/mol. The highest BCUT2D eigenvalue weighted by Gasteiger charge is 2.03. The van der Waals surface area contributed by atoms with Crippen LogP contribution in [0, 0.1) is 0 Å². The molecule has 0 unspecified atom stereocenters. The Balaban J connectivity index is 0.00000364. The second kappa shape index (κ2) is 14.3. The lowest BCUT2D eigenvalue weighted by Gasteiger charge is -2.14. The molecule has 2 aromatic rings. The van der Waals surface area contributed by atoms with Crippen LogP contribution in [-0.4, -0.2) is 32.8 Å². The van der Waals surface area contributed by atoms with Gasteiger partial charge in [-0.1, -0.05) is 42.5 Å². The average Bonchev–Trinajstić information content (AvgIpc) is 2.70. The highest BCUT2D eigenvalue weighted by molar-refractivity contribution is 14.0. The zero-order chi connectivity index (χ0) is 18.5. The molecule has 5 nitrogen and oxygen atoms in total. The standard InChI is InChI=1S/C21H29N3O2.HI/c1-3-25-17-19-11-8-7-10-18(19)16-24-21(22-2)23-14-9-15-26-20-12-5-4-6-13-20;/h4-8,10-13H,3,9,14-17H2,1-2H3,(H2,22,23,24);1H. The summed E-state index contributed by atoms with van der Waals surface area (Å²) in [6, 6.07) is 18.2. The van der Waals surface area contributed by atoms with Gasteiger partial charge < -0.3 is 20.1 Å². The molecule has 0 amide bonds. The molecular weight excluding hydrogens is 453 g/mol. The first-order valence-corrected chi connectivity index (χ1v) is 9.10. The van der Waals surface area contributed by atoms with E-state index in [1.807, 2.05) is 49.4 Å². The molecule has 2 rings (SSSR count). The summed E-state index contributed by atoms with van der Waals surface area (Å²) >= 11 is 0. The van der Waals surface area contributed by atoms with Gasteiger partial charge in [0.15, 0.2) is 5.96 Å². The minimum absolute atomic E-state index is 0. The molecule has 0 aromatic heterocycles. The minimum atomic E-state index is 0. The fraction of sp³-hybridized carbons (Fsp3) is 0.381. The summed E-state index contributed by atoms with van der Waals surface area (Å²) in [5.41, 5.74) is 2.42. The molecule has 148 valence electrons. The lowest BCUT2D eigenvalue weighted by atomic mass is 10.1. The fourth-order valence-electron chi connectivity index (χ4n) is 2.47. The Bertz CT molecular complexity index is 665. The molecule has 0 saturated heterocycles. The normalized spacial score (nSPS) is 10.8. The van der Waals surface area contributed by atoms with Gasteiger partial charge >= 0.3 is 0 Å². The second-order valence-electron chi connectivity index (χ2n) is 5.77. The first-order valence-electron chi connectivity index (χ1n) is 9.10. The van der Waals surface area contributed by atoms with Crippen molar-refractivity contribution in [3.8, 4) is 5.75 Å². The topological polar surface area (TPSA) is 54.9 Å². The number of benzene rings is 2. The Hall–Kier alpha value is -1.80. The molecule has 6 heteroatoms. The van der Waals surface area contributed by atoms with Crippen molar-refractivity contribution in [2.24, 2.45) is 4.99 Å². The van der Waals surface area contributed by atoms with E-state index in [0.717, 1.165) is 31.3 Å². The third kappa shape index (κ3) is 9.10. The van der Waals surface area contributed by atoms with Gasteiger partial charge in [0.25, 0.3) is 0 Å². The monoisotopic (exact) mass is 483 g/mol. The number of ether oxygens (including phenoxy) is 2. The van der Waals surface area contributed by atoms with Gasteiger partial charge in [0.2, 0.25) is 0 Å². The Kier molecular flexibility index (Phi) is 12.3. The molecule has 0 aliphatic carbocycles. The predicted molar refractivity (Wildman–Crippen MR) is 122 cm³/mol. The van der Waals surface area contributed by atoms with E-state index in [-0.39, 0.29) is 24.0 Å². The molecule has 2 aromatic carbocycles. The molecule has 27 heavy (non-hydrogen) atoms. The second-order valence-corrected chi connectivity index (χ2v) is 5.77. The quantitative estimate of drug-likeness (QED) is 0.233. The summed E-state index contributed by atoms with van der Waals surface area (Å²) in [7, 11) is 1.78. The molecule has 0 aliphatic rings. The molecule has 0 saturated carbocycles. The maximum absolute atomic E-state index is 5.69. The first-order chi connectivity index (χ1) is 12.8. The van der Waals surface area contributed by atoms with Crippen molar-refractivity contribution in [3.63, 3.8) is 0 Å². The van der Waals surface area contributed by atoms with Crippen LogP contribution in [0.5, 0.6) is 5.75 Å². The number of nitrogens with zero attached hydrogens (tertiary/aromatic N) is 1. The minimum Gasteiger partial charge on any atom is -0.494 e. The van der Waals surface area contributed by atoms with E-state index < -0.39 is 0 Å². The Labute approximate surface area is 179 Å². The van der Waals surface area contributed by atoms with Crippen molar-refractivity contribution in [1.82, 2.24) is 10.6 Å². The van der Waals surface area contributed by atoms with E-state index in [9.17, 15) is 0 Å². The van der Waals surface area contributed by atoms with E-state index in [4.69, 9.17) is 9.47 Å². The third-order valence-electron chi connectivity index (χ3n) is 3.88. The van der Waals surface area contributed by atoms with Crippen LogP contribution in [0.2, 0.25) is 0 Å². The molecule has 0 atom stereocenters. The van der Waals surface area contributed by atoms with Crippen molar-refractivity contribution < 1.29 is 9.47 Å². The summed E-state index contributed by atoms with van der Waals surface area (Å²) in [5, 5.41) is 6.67. The Morgan fingerprint density at radius 3 is 2.37 bits per heavy atom. The van der Waals surface area contributed by atoms with Gasteiger partial charge in [-0.3, -0.25) is 4.99 Å². The SMILES string of the molecule is CCOCc1ccccc1CNC(=NC)NCCCOc1ccccc1.I. The van der Waals surface area contributed by atoms with E-state index in [2.05, 4.69) is 27.8 Å². The number of hydrogen-bond donors (Lipinski definition) is 2. The summed E-state index contributed by atoms with van der Waals surface area (Å²) in [5.74, 6) is 1.69. The summed E-state index contributed by atoms with van der Waals surface area (Å²) in [6.45, 7) is 5.54. The molecular formula is C21H30IN3O2. The van der Waals surface area contributed by atoms with Gasteiger partial charge in [-0.2, -0.15) is 0 Å². The summed E-state index contributed by atoms with van der Waals surface area (Å²) in [4.78, 5) is 4.27. The van der Waals surface area contributed by atoms with E-state index in [1.54, 1.807) is 7.05 Å². The van der Waals surface area contributed by atoms with Crippen LogP contribution in [-0.2, 0) is 17.9 Å². The highest BCUT2D eigenvalue weighted by atomic mass is 127. The maximum Gasteiger partial charge on any atom is 0.191 e. The molecule has 0 aliphatic heterocycles. The van der Waals surface area contributed by atoms with Crippen LogP contribution in [0.25, 0.3) is 0 Å². The molecule has 0 radical (unpaired) electrons. The van der Waals surface area contributed by atoms with Crippen molar-refractivity contribution in [2.45, 2.75) is 26.5 Å². The number of aliphatic imine (C=N–C) groups is 1. The van der Waals surface area contributed by atoms with Gasteiger partial charge in [0.05, 0.1) is 13.2 Å². The van der Waals surface area contributed by atoms with Crippen LogP contribution in [0.15, 0.2) is 59.6 Å². The van der Waals surface area contributed by atoms with Crippen molar-refractivity contribution in [2.75, 3.05) is 26.8 Å². The number of guanidine groups is 1. The largest absolute Gasteiger partial charge is 0.494 e. The van der Waals surface area contributed by atoms with Crippen LogP contribution >= 0.6 is 24.0 Å². The molecule has 0 bridgehead atoms.